The molecule has 2 amide bonds. The number of fused-ring (bicyclic) bond motifs is 1. The lowest BCUT2D eigenvalue weighted by Crippen LogP contribution is -2.34. The molecule has 4 rings (SSSR count). The molecule has 3 nitrogen and oxygen atoms in total. The summed E-state index contributed by atoms with van der Waals surface area (Å²) in [5.41, 5.74) is 8.75. The van der Waals surface area contributed by atoms with Crippen LogP contribution in [0.3, 0.4) is 0 Å². The standard InChI is InChI=1S/C28H35NO2S/c1-19-15-23-24(27(4,5)12-11-26(23,2)3)16-22(19)28(13-14-28)21-9-7-20(8-10-21)17-29(18-30)25(31)32-6/h7-10,15-16,18H,11-14,17H2,1-6H3. The molecule has 0 heterocycles. The molecule has 2 aromatic rings. The molecule has 1 saturated carbocycles. The van der Waals surface area contributed by atoms with E-state index in [1.807, 2.05) is 0 Å². The Kier molecular flexibility index (Phi) is 5.82. The summed E-state index contributed by atoms with van der Waals surface area (Å²) >= 11 is 1.06. The molecular formula is C28H35NO2S. The first kappa shape index (κ1) is 23.1. The summed E-state index contributed by atoms with van der Waals surface area (Å²) in [5.74, 6) is 0. The number of hydrogen-bond donors (Lipinski definition) is 0. The zero-order valence-corrected chi connectivity index (χ0v) is 21.1. The minimum Gasteiger partial charge on any atom is -0.278 e. The van der Waals surface area contributed by atoms with Crippen molar-refractivity contribution >= 4 is 23.4 Å². The highest BCUT2D eigenvalue weighted by molar-refractivity contribution is 8.12. The van der Waals surface area contributed by atoms with Gasteiger partial charge < -0.3 is 0 Å². The quantitative estimate of drug-likeness (QED) is 0.468. The third-order valence-corrected chi connectivity index (χ3v) is 8.44. The molecule has 2 aliphatic rings. The first-order chi connectivity index (χ1) is 15.0. The smallest absolute Gasteiger partial charge is 0.278 e. The van der Waals surface area contributed by atoms with Crippen LogP contribution in [0, 0.1) is 6.92 Å². The Hall–Kier alpha value is -2.07. The van der Waals surface area contributed by atoms with Crippen molar-refractivity contribution < 1.29 is 9.59 Å². The first-order valence-corrected chi connectivity index (χ1v) is 12.8. The highest BCUT2D eigenvalue weighted by atomic mass is 32.2. The van der Waals surface area contributed by atoms with E-state index >= 15 is 0 Å². The molecule has 0 unspecified atom stereocenters. The number of thioether (sulfide) groups is 1. The van der Waals surface area contributed by atoms with Crippen LogP contribution in [0.4, 0.5) is 4.79 Å². The fourth-order valence-electron chi connectivity index (χ4n) is 5.46. The van der Waals surface area contributed by atoms with Crippen LogP contribution >= 0.6 is 11.8 Å². The number of imide groups is 1. The average Bonchev–Trinajstić information content (AvgIpc) is 3.57. The van der Waals surface area contributed by atoms with Gasteiger partial charge in [-0.15, -0.1) is 0 Å². The van der Waals surface area contributed by atoms with Crippen molar-refractivity contribution in [3.8, 4) is 0 Å². The van der Waals surface area contributed by atoms with E-state index in [0.717, 1.165) is 17.3 Å². The van der Waals surface area contributed by atoms with Crippen LogP contribution in [0.2, 0.25) is 0 Å². The van der Waals surface area contributed by atoms with Crippen molar-refractivity contribution in [3.05, 3.63) is 69.8 Å². The maximum Gasteiger partial charge on any atom is 0.288 e. The van der Waals surface area contributed by atoms with Gasteiger partial charge in [0, 0.05) is 5.41 Å². The number of nitrogens with zero attached hydrogens (tertiary/aromatic N) is 1. The third-order valence-electron chi connectivity index (χ3n) is 7.86. The van der Waals surface area contributed by atoms with E-state index in [9.17, 15) is 9.59 Å². The van der Waals surface area contributed by atoms with Crippen molar-refractivity contribution in [2.24, 2.45) is 0 Å². The van der Waals surface area contributed by atoms with Crippen LogP contribution in [0.1, 0.15) is 86.8 Å². The van der Waals surface area contributed by atoms with Gasteiger partial charge in [-0.05, 0) is 83.1 Å². The highest BCUT2D eigenvalue weighted by Crippen LogP contribution is 2.56. The maximum atomic E-state index is 11.9. The highest BCUT2D eigenvalue weighted by Gasteiger charge is 2.48. The molecule has 0 radical (unpaired) electrons. The van der Waals surface area contributed by atoms with Crippen LogP contribution in [-0.2, 0) is 27.6 Å². The van der Waals surface area contributed by atoms with Crippen LogP contribution in [0.25, 0.3) is 0 Å². The maximum absolute atomic E-state index is 11.9. The predicted molar refractivity (Wildman–Crippen MR) is 133 cm³/mol. The van der Waals surface area contributed by atoms with E-state index in [4.69, 9.17) is 0 Å². The number of rotatable bonds is 5. The van der Waals surface area contributed by atoms with Crippen molar-refractivity contribution in [3.63, 3.8) is 0 Å². The average molecular weight is 450 g/mol. The summed E-state index contributed by atoms with van der Waals surface area (Å²) in [4.78, 5) is 24.4. The minimum atomic E-state index is -0.224. The minimum absolute atomic E-state index is 0.0920. The Balaban J connectivity index is 1.68. The fraction of sp³-hybridized carbons (Fsp3) is 0.500. The summed E-state index contributed by atoms with van der Waals surface area (Å²) in [6, 6.07) is 13.5. The number of carbonyl (C=O) groups is 2. The molecule has 2 aliphatic carbocycles. The zero-order valence-electron chi connectivity index (χ0n) is 20.2. The molecule has 0 saturated heterocycles. The normalized spacial score (nSPS) is 19.7. The molecule has 0 spiro atoms. The van der Waals surface area contributed by atoms with Crippen molar-refractivity contribution in [2.45, 2.75) is 83.1 Å². The monoisotopic (exact) mass is 449 g/mol. The van der Waals surface area contributed by atoms with Crippen LogP contribution in [0.5, 0.6) is 0 Å². The van der Waals surface area contributed by atoms with Crippen molar-refractivity contribution in [1.29, 1.82) is 0 Å². The number of aryl methyl sites for hydroxylation is 1. The Morgan fingerprint density at radius 1 is 0.938 bits per heavy atom. The molecule has 4 heteroatoms. The van der Waals surface area contributed by atoms with Gasteiger partial charge in [0.05, 0.1) is 6.54 Å². The number of amides is 2. The molecule has 32 heavy (non-hydrogen) atoms. The van der Waals surface area contributed by atoms with Crippen LogP contribution in [0.15, 0.2) is 36.4 Å². The van der Waals surface area contributed by atoms with Gasteiger partial charge in [0.2, 0.25) is 6.41 Å². The second kappa shape index (κ2) is 8.06. The van der Waals surface area contributed by atoms with E-state index in [1.54, 1.807) is 6.26 Å². The number of hydrogen-bond acceptors (Lipinski definition) is 3. The predicted octanol–water partition coefficient (Wildman–Crippen LogP) is 6.87. The van der Waals surface area contributed by atoms with Gasteiger partial charge in [-0.25, -0.2) is 0 Å². The van der Waals surface area contributed by atoms with Gasteiger partial charge in [-0.1, -0.05) is 75.9 Å². The van der Waals surface area contributed by atoms with E-state index in [-0.39, 0.29) is 21.5 Å². The third kappa shape index (κ3) is 3.91. The van der Waals surface area contributed by atoms with Gasteiger partial charge in [0.25, 0.3) is 5.24 Å². The number of benzene rings is 2. The summed E-state index contributed by atoms with van der Waals surface area (Å²) in [5, 5.41) is -0.224. The summed E-state index contributed by atoms with van der Waals surface area (Å²) < 4.78 is 0. The van der Waals surface area contributed by atoms with Gasteiger partial charge >= 0.3 is 0 Å². The Bertz CT molecular complexity index is 1050. The lowest BCUT2D eigenvalue weighted by atomic mass is 9.62. The van der Waals surface area contributed by atoms with Gasteiger partial charge in [-0.2, -0.15) is 0 Å². The summed E-state index contributed by atoms with van der Waals surface area (Å²) in [7, 11) is 0. The number of carbonyl (C=O) groups excluding carboxylic acids is 2. The molecule has 0 atom stereocenters. The van der Waals surface area contributed by atoms with E-state index in [1.165, 1.54) is 58.4 Å². The summed E-state index contributed by atoms with van der Waals surface area (Å²) in [6.45, 7) is 12.1. The lowest BCUT2D eigenvalue weighted by molar-refractivity contribution is -0.115. The Morgan fingerprint density at radius 2 is 1.50 bits per heavy atom. The van der Waals surface area contributed by atoms with Crippen molar-refractivity contribution in [2.75, 3.05) is 6.26 Å². The second-order valence-electron chi connectivity index (χ2n) is 11.0. The van der Waals surface area contributed by atoms with E-state index < -0.39 is 0 Å². The molecule has 0 bridgehead atoms. The first-order valence-electron chi connectivity index (χ1n) is 11.6. The largest absolute Gasteiger partial charge is 0.288 e. The van der Waals surface area contributed by atoms with Crippen LogP contribution < -0.4 is 0 Å². The van der Waals surface area contributed by atoms with Gasteiger partial charge in [0.15, 0.2) is 0 Å². The Morgan fingerprint density at radius 3 is 2.00 bits per heavy atom. The van der Waals surface area contributed by atoms with Crippen molar-refractivity contribution in [1.82, 2.24) is 4.90 Å². The molecule has 0 aromatic heterocycles. The molecule has 2 aromatic carbocycles. The van der Waals surface area contributed by atoms with E-state index in [0.29, 0.717) is 13.0 Å². The van der Waals surface area contributed by atoms with E-state index in [2.05, 4.69) is 71.0 Å². The SMILES string of the molecule is CSC(=O)N(C=O)Cc1ccc(C2(c3cc4c(cc3C)C(C)(C)CCC4(C)C)CC2)cc1. The Labute approximate surface area is 197 Å². The fourth-order valence-corrected chi connectivity index (χ4v) is 5.81. The zero-order chi connectivity index (χ0) is 23.3. The molecule has 1 fully saturated rings. The summed E-state index contributed by atoms with van der Waals surface area (Å²) in [6.07, 6.45) is 7.10. The topological polar surface area (TPSA) is 37.4 Å². The molecule has 0 aliphatic heterocycles. The van der Waals surface area contributed by atoms with Gasteiger partial charge in [0.1, 0.15) is 0 Å². The van der Waals surface area contributed by atoms with Gasteiger partial charge in [-0.3, -0.25) is 14.5 Å². The van der Waals surface area contributed by atoms with Crippen LogP contribution in [-0.4, -0.2) is 22.8 Å². The lowest BCUT2D eigenvalue weighted by Gasteiger charge is -2.43. The molecular weight excluding hydrogens is 414 g/mol. The second-order valence-corrected chi connectivity index (χ2v) is 11.7. The molecule has 0 N–H and O–H groups in total. The molecule has 170 valence electrons.